The first-order valence-electron chi connectivity index (χ1n) is 6.97. The second-order valence-electron chi connectivity index (χ2n) is 5.34. The molecule has 4 heteroatoms. The van der Waals surface area contributed by atoms with Crippen molar-refractivity contribution in [1.29, 1.82) is 0 Å². The Hall–Kier alpha value is -1.94. The summed E-state index contributed by atoms with van der Waals surface area (Å²) < 4.78 is 5.24. The van der Waals surface area contributed by atoms with Gasteiger partial charge in [-0.15, -0.1) is 11.3 Å². The second-order valence-corrected chi connectivity index (χ2v) is 6.63. The van der Waals surface area contributed by atoms with Gasteiger partial charge >= 0.3 is 0 Å². The van der Waals surface area contributed by atoms with Crippen LogP contribution in [-0.4, -0.2) is 26.1 Å². The standard InChI is InChI=1S/C17H20N2OS/c1-12-11-15-16(21-12)9-10-18(2)17(15)19(3)13-5-7-14(20-4)8-6-13/h5-11,17H,1-4H3. The van der Waals surface area contributed by atoms with Crippen molar-refractivity contribution < 1.29 is 4.74 Å². The van der Waals surface area contributed by atoms with Crippen molar-refractivity contribution in [2.75, 3.05) is 26.1 Å². The average molecular weight is 300 g/mol. The normalized spacial score (nSPS) is 16.8. The molecule has 0 saturated heterocycles. The summed E-state index contributed by atoms with van der Waals surface area (Å²) in [7, 11) is 5.95. The van der Waals surface area contributed by atoms with Crippen LogP contribution in [0.15, 0.2) is 36.5 Å². The van der Waals surface area contributed by atoms with E-state index in [1.165, 1.54) is 21.0 Å². The van der Waals surface area contributed by atoms with E-state index in [0.717, 1.165) is 5.75 Å². The second kappa shape index (κ2) is 5.45. The third kappa shape index (κ3) is 2.51. The Morgan fingerprint density at radius 3 is 2.62 bits per heavy atom. The fourth-order valence-electron chi connectivity index (χ4n) is 2.81. The van der Waals surface area contributed by atoms with Gasteiger partial charge in [-0.3, -0.25) is 0 Å². The molecule has 110 valence electrons. The largest absolute Gasteiger partial charge is 0.497 e. The zero-order valence-corrected chi connectivity index (χ0v) is 13.6. The molecule has 0 aliphatic carbocycles. The monoisotopic (exact) mass is 300 g/mol. The van der Waals surface area contributed by atoms with Crippen LogP contribution in [0.2, 0.25) is 0 Å². The predicted molar refractivity (Wildman–Crippen MR) is 90.0 cm³/mol. The molecule has 1 atom stereocenters. The summed E-state index contributed by atoms with van der Waals surface area (Å²) >= 11 is 1.85. The summed E-state index contributed by atoms with van der Waals surface area (Å²) in [5.74, 6) is 0.885. The van der Waals surface area contributed by atoms with Crippen LogP contribution in [0.3, 0.4) is 0 Å². The highest BCUT2D eigenvalue weighted by atomic mass is 32.1. The molecule has 1 aromatic carbocycles. The van der Waals surface area contributed by atoms with Crippen LogP contribution in [0.4, 0.5) is 5.69 Å². The number of hydrogen-bond acceptors (Lipinski definition) is 4. The van der Waals surface area contributed by atoms with Crippen LogP contribution >= 0.6 is 11.3 Å². The molecule has 0 N–H and O–H groups in total. The molecule has 3 rings (SSSR count). The van der Waals surface area contributed by atoms with Gasteiger partial charge in [0.2, 0.25) is 0 Å². The quantitative estimate of drug-likeness (QED) is 0.848. The Balaban J connectivity index is 1.95. The summed E-state index contributed by atoms with van der Waals surface area (Å²) in [6, 6.07) is 10.5. The van der Waals surface area contributed by atoms with Gasteiger partial charge in [-0.25, -0.2) is 0 Å². The van der Waals surface area contributed by atoms with Gasteiger partial charge in [0.25, 0.3) is 0 Å². The molecule has 0 bridgehead atoms. The van der Waals surface area contributed by atoms with E-state index in [1.807, 2.05) is 23.5 Å². The fraction of sp³-hybridized carbons (Fsp3) is 0.294. The SMILES string of the molecule is COc1ccc(N(C)C2c3cc(C)sc3C=CN2C)cc1. The molecule has 0 spiro atoms. The lowest BCUT2D eigenvalue weighted by Gasteiger charge is -2.38. The number of nitrogens with zero attached hydrogens (tertiary/aromatic N) is 2. The molecule has 3 nitrogen and oxygen atoms in total. The smallest absolute Gasteiger partial charge is 0.128 e. The van der Waals surface area contributed by atoms with Crippen molar-refractivity contribution in [2.45, 2.75) is 13.1 Å². The van der Waals surface area contributed by atoms with Crippen molar-refractivity contribution in [2.24, 2.45) is 0 Å². The number of aryl methyl sites for hydroxylation is 1. The van der Waals surface area contributed by atoms with Gasteiger partial charge in [-0.2, -0.15) is 0 Å². The highest BCUT2D eigenvalue weighted by molar-refractivity contribution is 7.13. The summed E-state index contributed by atoms with van der Waals surface area (Å²) in [5.41, 5.74) is 2.55. The van der Waals surface area contributed by atoms with Gasteiger partial charge in [0.05, 0.1) is 7.11 Å². The Morgan fingerprint density at radius 1 is 1.24 bits per heavy atom. The zero-order valence-electron chi connectivity index (χ0n) is 12.8. The van der Waals surface area contributed by atoms with Crippen LogP contribution in [0.25, 0.3) is 6.08 Å². The van der Waals surface area contributed by atoms with Crippen molar-refractivity contribution in [3.05, 3.63) is 51.8 Å². The van der Waals surface area contributed by atoms with E-state index in [0.29, 0.717) is 0 Å². The molecule has 1 aromatic heterocycles. The summed E-state index contributed by atoms with van der Waals surface area (Å²) in [6.45, 7) is 2.17. The number of benzene rings is 1. The number of rotatable bonds is 3. The Kier molecular flexibility index (Phi) is 3.64. The number of thiophene rings is 1. The van der Waals surface area contributed by atoms with Crippen molar-refractivity contribution in [3.8, 4) is 5.75 Å². The van der Waals surface area contributed by atoms with E-state index in [9.17, 15) is 0 Å². The maximum atomic E-state index is 5.24. The van der Waals surface area contributed by atoms with Gasteiger partial charge < -0.3 is 14.5 Å². The van der Waals surface area contributed by atoms with Crippen LogP contribution in [0.1, 0.15) is 21.5 Å². The molecule has 2 heterocycles. The molecule has 0 radical (unpaired) electrons. The first kappa shape index (κ1) is 14.0. The van der Waals surface area contributed by atoms with Crippen LogP contribution < -0.4 is 9.64 Å². The van der Waals surface area contributed by atoms with E-state index in [-0.39, 0.29) is 6.17 Å². The van der Waals surface area contributed by atoms with Crippen molar-refractivity contribution >= 4 is 23.1 Å². The molecule has 0 saturated carbocycles. The average Bonchev–Trinajstić information content (AvgIpc) is 2.87. The highest BCUT2D eigenvalue weighted by Crippen LogP contribution is 2.38. The molecule has 1 aliphatic heterocycles. The minimum absolute atomic E-state index is 0.225. The number of ether oxygens (including phenoxy) is 1. The Bertz CT molecular complexity index is 660. The first-order chi connectivity index (χ1) is 10.1. The molecular formula is C17H20N2OS. The molecule has 2 aromatic rings. The molecular weight excluding hydrogens is 280 g/mol. The summed E-state index contributed by atoms with van der Waals surface area (Å²) in [4.78, 5) is 7.26. The van der Waals surface area contributed by atoms with E-state index < -0.39 is 0 Å². The van der Waals surface area contributed by atoms with Crippen molar-refractivity contribution in [3.63, 3.8) is 0 Å². The van der Waals surface area contributed by atoms with Gasteiger partial charge in [0.1, 0.15) is 11.9 Å². The molecule has 0 fully saturated rings. The lowest BCUT2D eigenvalue weighted by atomic mass is 10.1. The molecule has 1 unspecified atom stereocenters. The van der Waals surface area contributed by atoms with E-state index >= 15 is 0 Å². The van der Waals surface area contributed by atoms with Crippen molar-refractivity contribution in [1.82, 2.24) is 4.90 Å². The summed E-state index contributed by atoms with van der Waals surface area (Å²) in [5, 5.41) is 0. The van der Waals surface area contributed by atoms with Gasteiger partial charge in [0.15, 0.2) is 0 Å². The first-order valence-corrected chi connectivity index (χ1v) is 7.79. The number of methoxy groups -OCH3 is 1. The van der Waals surface area contributed by atoms with Gasteiger partial charge in [-0.05, 0) is 43.3 Å². The minimum Gasteiger partial charge on any atom is -0.497 e. The third-order valence-electron chi connectivity index (χ3n) is 3.89. The van der Waals surface area contributed by atoms with Gasteiger partial charge in [0, 0.05) is 41.3 Å². The number of anilines is 1. The fourth-order valence-corrected chi connectivity index (χ4v) is 3.75. The number of hydrogen-bond donors (Lipinski definition) is 0. The highest BCUT2D eigenvalue weighted by Gasteiger charge is 2.26. The topological polar surface area (TPSA) is 15.7 Å². The van der Waals surface area contributed by atoms with Crippen LogP contribution in [-0.2, 0) is 0 Å². The van der Waals surface area contributed by atoms with Crippen LogP contribution in [0.5, 0.6) is 5.75 Å². The molecule has 1 aliphatic rings. The number of fused-ring (bicyclic) bond motifs is 1. The molecule has 21 heavy (non-hydrogen) atoms. The molecule has 0 amide bonds. The van der Waals surface area contributed by atoms with Gasteiger partial charge in [-0.1, -0.05) is 0 Å². The lowest BCUT2D eigenvalue weighted by Crippen LogP contribution is -2.36. The lowest BCUT2D eigenvalue weighted by molar-refractivity contribution is 0.331. The zero-order chi connectivity index (χ0) is 15.0. The van der Waals surface area contributed by atoms with E-state index in [4.69, 9.17) is 4.74 Å². The third-order valence-corrected chi connectivity index (χ3v) is 4.92. The summed E-state index contributed by atoms with van der Waals surface area (Å²) in [6.07, 6.45) is 4.58. The van der Waals surface area contributed by atoms with Crippen LogP contribution in [0, 0.1) is 6.92 Å². The minimum atomic E-state index is 0.225. The predicted octanol–water partition coefficient (Wildman–Crippen LogP) is 4.12. The van der Waals surface area contributed by atoms with E-state index in [1.54, 1.807) is 7.11 Å². The maximum Gasteiger partial charge on any atom is 0.128 e. The Labute approximate surface area is 130 Å². The van der Waals surface area contributed by atoms with E-state index in [2.05, 4.69) is 61.3 Å². The Morgan fingerprint density at radius 2 is 1.95 bits per heavy atom. The maximum absolute atomic E-state index is 5.24.